The Bertz CT molecular complexity index is 861. The van der Waals surface area contributed by atoms with Crippen LogP contribution >= 0.6 is 0 Å². The minimum atomic E-state index is -0.733. The zero-order chi connectivity index (χ0) is 23.9. The maximum Gasteiger partial charge on any atom is 0.457 e. The largest absolute Gasteiger partial charge is 0.467 e. The molecule has 1 amide bonds. The third-order valence-electron chi connectivity index (χ3n) is 7.66. The standard InChI is InChI=1S/C24H34BNO7/c1-22(2)23(3,4)33-25(32-22)13-9-12-24-16-31-18(24)14-26(19(24)20(27)29-5)21(28)30-15-17-10-7-6-8-11-17/h6-8,10-11,18-19H,9,12-16H2,1-5H3. The van der Waals surface area contributed by atoms with Crippen LogP contribution in [0.4, 0.5) is 4.79 Å². The topological polar surface area (TPSA) is 83.5 Å². The van der Waals surface area contributed by atoms with Crippen LogP contribution in [0.5, 0.6) is 0 Å². The fourth-order valence-electron chi connectivity index (χ4n) is 5.01. The van der Waals surface area contributed by atoms with Crippen molar-refractivity contribution in [1.29, 1.82) is 0 Å². The molecule has 8 nitrogen and oxygen atoms in total. The van der Waals surface area contributed by atoms with Crippen LogP contribution in [0.3, 0.4) is 0 Å². The van der Waals surface area contributed by atoms with Gasteiger partial charge in [0.2, 0.25) is 0 Å². The van der Waals surface area contributed by atoms with Crippen molar-refractivity contribution < 1.29 is 33.1 Å². The lowest BCUT2D eigenvalue weighted by Crippen LogP contribution is -2.58. The van der Waals surface area contributed by atoms with Crippen LogP contribution in [0.25, 0.3) is 0 Å². The molecule has 3 heterocycles. The third kappa shape index (κ3) is 4.38. The first kappa shape index (κ1) is 24.0. The minimum Gasteiger partial charge on any atom is -0.467 e. The summed E-state index contributed by atoms with van der Waals surface area (Å²) in [6.45, 7) is 8.99. The Morgan fingerprint density at radius 3 is 2.36 bits per heavy atom. The van der Waals surface area contributed by atoms with Gasteiger partial charge in [0.05, 0.1) is 43.0 Å². The van der Waals surface area contributed by atoms with Crippen LogP contribution in [0, 0.1) is 5.41 Å². The highest BCUT2D eigenvalue weighted by Gasteiger charge is 2.65. The van der Waals surface area contributed by atoms with Gasteiger partial charge in [-0.05, 0) is 46.0 Å². The summed E-state index contributed by atoms with van der Waals surface area (Å²) in [5.74, 6) is -0.437. The van der Waals surface area contributed by atoms with Crippen molar-refractivity contribution in [3.63, 3.8) is 0 Å². The summed E-state index contributed by atoms with van der Waals surface area (Å²) < 4.78 is 28.6. The van der Waals surface area contributed by atoms with Gasteiger partial charge in [0.1, 0.15) is 12.6 Å². The molecule has 3 fully saturated rings. The van der Waals surface area contributed by atoms with E-state index in [1.54, 1.807) is 0 Å². The van der Waals surface area contributed by atoms with Crippen molar-refractivity contribution in [3.05, 3.63) is 35.9 Å². The molecule has 33 heavy (non-hydrogen) atoms. The molecule has 3 aliphatic heterocycles. The molecule has 9 heteroatoms. The molecule has 1 aromatic rings. The van der Waals surface area contributed by atoms with Crippen LogP contribution in [-0.2, 0) is 34.9 Å². The molecule has 180 valence electrons. The van der Waals surface area contributed by atoms with Gasteiger partial charge in [-0.25, -0.2) is 9.59 Å². The second-order valence-corrected chi connectivity index (χ2v) is 10.2. The van der Waals surface area contributed by atoms with E-state index in [1.807, 2.05) is 58.0 Å². The Morgan fingerprint density at radius 2 is 1.79 bits per heavy atom. The van der Waals surface area contributed by atoms with Gasteiger partial charge in [-0.1, -0.05) is 36.8 Å². The zero-order valence-corrected chi connectivity index (χ0v) is 20.2. The van der Waals surface area contributed by atoms with Gasteiger partial charge in [0, 0.05) is 0 Å². The fourth-order valence-corrected chi connectivity index (χ4v) is 5.01. The van der Waals surface area contributed by atoms with Gasteiger partial charge in [-0.3, -0.25) is 4.90 Å². The van der Waals surface area contributed by atoms with Crippen molar-refractivity contribution in [2.45, 2.75) is 76.8 Å². The second kappa shape index (κ2) is 8.93. The van der Waals surface area contributed by atoms with E-state index < -0.39 is 23.5 Å². The predicted molar refractivity (Wildman–Crippen MR) is 121 cm³/mol. The van der Waals surface area contributed by atoms with E-state index in [0.29, 0.717) is 25.9 Å². The Morgan fingerprint density at radius 1 is 1.12 bits per heavy atom. The molecule has 1 aromatic carbocycles. The van der Waals surface area contributed by atoms with Crippen LogP contribution in [0.2, 0.25) is 6.32 Å². The van der Waals surface area contributed by atoms with Gasteiger partial charge in [0.15, 0.2) is 0 Å². The molecular formula is C24H34BNO7. The lowest BCUT2D eigenvalue weighted by molar-refractivity contribution is -0.186. The molecule has 3 aliphatic rings. The van der Waals surface area contributed by atoms with Crippen LogP contribution in [0.15, 0.2) is 30.3 Å². The SMILES string of the molecule is COC(=O)C1N(C(=O)OCc2ccccc2)CC2OCC21CCCB1OC(C)(C)C(C)(C)O1. The number of benzene rings is 1. The number of likely N-dealkylation sites (tertiary alicyclic amines) is 1. The molecule has 0 bridgehead atoms. The summed E-state index contributed by atoms with van der Waals surface area (Å²) in [7, 11) is 1.05. The number of carbonyl (C=O) groups is 2. The highest BCUT2D eigenvalue weighted by molar-refractivity contribution is 6.45. The molecule has 0 aromatic heterocycles. The molecule has 4 rings (SSSR count). The number of ether oxygens (including phenoxy) is 3. The van der Waals surface area contributed by atoms with E-state index in [-0.39, 0.29) is 31.0 Å². The molecule has 0 spiro atoms. The maximum absolute atomic E-state index is 12.9. The smallest absolute Gasteiger partial charge is 0.457 e. The molecule has 0 radical (unpaired) electrons. The van der Waals surface area contributed by atoms with Crippen molar-refractivity contribution in [1.82, 2.24) is 4.90 Å². The average molecular weight is 459 g/mol. The molecule has 0 saturated carbocycles. The number of fused-ring (bicyclic) bond motifs is 1. The Hall–Kier alpha value is -2.10. The summed E-state index contributed by atoms with van der Waals surface area (Å²) in [5, 5.41) is 0. The fraction of sp³-hybridized carbons (Fsp3) is 0.667. The van der Waals surface area contributed by atoms with Crippen LogP contribution in [-0.4, -0.2) is 67.7 Å². The van der Waals surface area contributed by atoms with Crippen molar-refractivity contribution >= 4 is 19.2 Å². The quantitative estimate of drug-likeness (QED) is 0.456. The highest BCUT2D eigenvalue weighted by atomic mass is 16.7. The number of rotatable bonds is 7. The lowest BCUT2D eigenvalue weighted by atomic mass is 9.69. The summed E-state index contributed by atoms with van der Waals surface area (Å²) in [5.41, 5.74) is -0.350. The van der Waals surface area contributed by atoms with E-state index in [1.165, 1.54) is 12.0 Å². The molecule has 3 unspecified atom stereocenters. The van der Waals surface area contributed by atoms with Gasteiger partial charge in [-0.15, -0.1) is 0 Å². The normalized spacial score (nSPS) is 29.4. The van der Waals surface area contributed by atoms with E-state index in [2.05, 4.69) is 0 Å². The maximum atomic E-state index is 12.9. The van der Waals surface area contributed by atoms with Gasteiger partial charge in [-0.2, -0.15) is 0 Å². The van der Waals surface area contributed by atoms with E-state index in [9.17, 15) is 9.59 Å². The number of methoxy groups -OCH3 is 1. The van der Waals surface area contributed by atoms with Crippen LogP contribution < -0.4 is 0 Å². The average Bonchev–Trinajstić information content (AvgIpc) is 3.11. The number of carbonyl (C=O) groups excluding carboxylic acids is 2. The molecule has 3 atom stereocenters. The summed E-state index contributed by atoms with van der Waals surface area (Å²) in [4.78, 5) is 27.2. The molecule has 0 aliphatic carbocycles. The zero-order valence-electron chi connectivity index (χ0n) is 20.2. The number of amides is 1. The predicted octanol–water partition coefficient (Wildman–Crippen LogP) is 3.44. The third-order valence-corrected chi connectivity index (χ3v) is 7.66. The van der Waals surface area contributed by atoms with E-state index in [4.69, 9.17) is 23.5 Å². The van der Waals surface area contributed by atoms with Gasteiger partial charge >= 0.3 is 19.2 Å². The summed E-state index contributed by atoms with van der Waals surface area (Å²) >= 11 is 0. The Kier molecular flexibility index (Phi) is 6.50. The highest BCUT2D eigenvalue weighted by Crippen LogP contribution is 2.51. The van der Waals surface area contributed by atoms with Crippen molar-refractivity contribution in [2.24, 2.45) is 5.41 Å². The van der Waals surface area contributed by atoms with Crippen LogP contribution in [0.1, 0.15) is 46.1 Å². The monoisotopic (exact) mass is 459 g/mol. The molecule has 3 saturated heterocycles. The summed E-state index contributed by atoms with van der Waals surface area (Å²) in [6.07, 6.45) is 1.43. The van der Waals surface area contributed by atoms with Gasteiger partial charge in [0.25, 0.3) is 0 Å². The lowest BCUT2D eigenvalue weighted by Gasteiger charge is -2.46. The van der Waals surface area contributed by atoms with E-state index >= 15 is 0 Å². The first-order chi connectivity index (χ1) is 15.6. The minimum absolute atomic E-state index is 0.143. The van der Waals surface area contributed by atoms with Crippen molar-refractivity contribution in [3.8, 4) is 0 Å². The second-order valence-electron chi connectivity index (χ2n) is 10.2. The van der Waals surface area contributed by atoms with E-state index in [0.717, 1.165) is 12.0 Å². The number of nitrogens with zero attached hydrogens (tertiary/aromatic N) is 1. The van der Waals surface area contributed by atoms with Crippen molar-refractivity contribution in [2.75, 3.05) is 20.3 Å². The first-order valence-electron chi connectivity index (χ1n) is 11.6. The number of hydrogen-bond donors (Lipinski definition) is 0. The molecular weight excluding hydrogens is 425 g/mol. The molecule has 0 N–H and O–H groups in total. The van der Waals surface area contributed by atoms with Gasteiger partial charge < -0.3 is 23.5 Å². The Labute approximate surface area is 196 Å². The summed E-state index contributed by atoms with van der Waals surface area (Å²) in [6, 6.07) is 8.72. The number of hydrogen-bond acceptors (Lipinski definition) is 7. The Balaban J connectivity index is 1.40. The first-order valence-corrected chi connectivity index (χ1v) is 11.6. The number of esters is 1.